The van der Waals surface area contributed by atoms with Gasteiger partial charge in [-0.2, -0.15) is 0 Å². The zero-order valence-electron chi connectivity index (χ0n) is 8.39. The Morgan fingerprint density at radius 2 is 2.31 bits per heavy atom. The minimum Gasteiger partial charge on any atom is -0.324 e. The van der Waals surface area contributed by atoms with Crippen LogP contribution >= 0.6 is 27.5 Å². The highest BCUT2D eigenvalue weighted by Gasteiger charge is 2.06. The number of terminal acetylenes is 1. The molecule has 1 rings (SSSR count). The van der Waals surface area contributed by atoms with Crippen molar-refractivity contribution in [3.63, 3.8) is 0 Å². The van der Waals surface area contributed by atoms with Crippen LogP contribution in [-0.2, 0) is 4.79 Å². The highest BCUT2D eigenvalue weighted by molar-refractivity contribution is 9.10. The zero-order chi connectivity index (χ0) is 12.0. The Bertz CT molecular complexity index is 428. The molecule has 0 saturated carbocycles. The second kappa shape index (κ2) is 6.54. The summed E-state index contributed by atoms with van der Waals surface area (Å²) in [6.45, 7) is 0.535. The number of carbonyl (C=O) groups is 1. The number of carbonyl (C=O) groups excluding carboxylic acids is 1. The summed E-state index contributed by atoms with van der Waals surface area (Å²) in [5, 5.41) is 6.05. The Kier molecular flexibility index (Phi) is 5.33. The zero-order valence-corrected chi connectivity index (χ0v) is 10.7. The number of rotatable bonds is 4. The summed E-state index contributed by atoms with van der Waals surface area (Å²) in [7, 11) is 0. The van der Waals surface area contributed by atoms with Gasteiger partial charge in [0.05, 0.1) is 28.3 Å². The predicted octanol–water partition coefficient (Wildman–Crippen LogP) is 2.26. The van der Waals surface area contributed by atoms with E-state index in [0.717, 1.165) is 0 Å². The van der Waals surface area contributed by atoms with E-state index in [9.17, 15) is 4.79 Å². The molecule has 2 N–H and O–H groups in total. The first-order valence-corrected chi connectivity index (χ1v) is 5.70. The van der Waals surface area contributed by atoms with Crippen molar-refractivity contribution in [2.75, 3.05) is 18.4 Å². The summed E-state index contributed by atoms with van der Waals surface area (Å²) in [4.78, 5) is 11.4. The Balaban J connectivity index is 2.57. The maximum atomic E-state index is 11.4. The van der Waals surface area contributed by atoms with Crippen LogP contribution < -0.4 is 10.6 Å². The molecule has 1 aromatic carbocycles. The van der Waals surface area contributed by atoms with Crippen molar-refractivity contribution in [2.45, 2.75) is 0 Å². The van der Waals surface area contributed by atoms with Crippen LogP contribution in [0.4, 0.5) is 5.69 Å². The fraction of sp³-hybridized carbons (Fsp3) is 0.182. The number of hydrogen-bond acceptors (Lipinski definition) is 2. The Hall–Kier alpha value is -1.02. The first-order chi connectivity index (χ1) is 7.65. The van der Waals surface area contributed by atoms with Gasteiger partial charge in [0.1, 0.15) is 0 Å². The van der Waals surface area contributed by atoms with Gasteiger partial charge in [0.25, 0.3) is 0 Å². The molecule has 0 bridgehead atoms. The van der Waals surface area contributed by atoms with Gasteiger partial charge >= 0.3 is 0 Å². The van der Waals surface area contributed by atoms with Gasteiger partial charge in [-0.15, -0.1) is 6.42 Å². The van der Waals surface area contributed by atoms with E-state index < -0.39 is 0 Å². The number of anilines is 1. The Labute approximate surface area is 108 Å². The van der Waals surface area contributed by atoms with Gasteiger partial charge in [-0.1, -0.05) is 23.6 Å². The van der Waals surface area contributed by atoms with Gasteiger partial charge in [0.2, 0.25) is 5.91 Å². The molecule has 0 radical (unpaired) electrons. The van der Waals surface area contributed by atoms with Crippen LogP contribution in [0, 0.1) is 12.3 Å². The van der Waals surface area contributed by atoms with Crippen molar-refractivity contribution in [1.29, 1.82) is 0 Å². The normalized spacial score (nSPS) is 9.56. The van der Waals surface area contributed by atoms with Crippen LogP contribution in [0.3, 0.4) is 0 Å². The van der Waals surface area contributed by atoms with E-state index in [-0.39, 0.29) is 12.5 Å². The number of hydrogen-bond donors (Lipinski definition) is 2. The van der Waals surface area contributed by atoms with E-state index in [4.69, 9.17) is 18.0 Å². The monoisotopic (exact) mass is 300 g/mol. The van der Waals surface area contributed by atoms with E-state index in [2.05, 4.69) is 32.5 Å². The summed E-state index contributed by atoms with van der Waals surface area (Å²) in [6.07, 6.45) is 5.04. The lowest BCUT2D eigenvalue weighted by Gasteiger charge is -2.08. The lowest BCUT2D eigenvalue weighted by molar-refractivity contribution is -0.115. The average Bonchev–Trinajstić information content (AvgIpc) is 2.25. The molecule has 0 aromatic heterocycles. The van der Waals surface area contributed by atoms with Crippen molar-refractivity contribution in [3.05, 3.63) is 27.7 Å². The third-order valence-electron chi connectivity index (χ3n) is 1.74. The molecule has 84 valence electrons. The number of amides is 1. The molecule has 1 aromatic rings. The first-order valence-electron chi connectivity index (χ1n) is 4.53. The van der Waals surface area contributed by atoms with Crippen molar-refractivity contribution < 1.29 is 4.79 Å². The summed E-state index contributed by atoms with van der Waals surface area (Å²) >= 11 is 9.17. The number of halogens is 2. The van der Waals surface area contributed by atoms with Crippen molar-refractivity contribution in [1.82, 2.24) is 5.32 Å². The molecule has 0 saturated heterocycles. The van der Waals surface area contributed by atoms with Crippen LogP contribution in [0.15, 0.2) is 22.7 Å². The van der Waals surface area contributed by atoms with Crippen LogP contribution in [-0.4, -0.2) is 19.0 Å². The largest absolute Gasteiger partial charge is 0.324 e. The van der Waals surface area contributed by atoms with E-state index in [1.54, 1.807) is 18.2 Å². The van der Waals surface area contributed by atoms with Crippen molar-refractivity contribution >= 4 is 39.1 Å². The molecule has 3 nitrogen and oxygen atoms in total. The highest BCUT2D eigenvalue weighted by Crippen LogP contribution is 2.29. The molecule has 0 unspecified atom stereocenters. The summed E-state index contributed by atoms with van der Waals surface area (Å²) in [5.74, 6) is 2.22. The van der Waals surface area contributed by atoms with E-state index in [1.165, 1.54) is 0 Å². The smallest absolute Gasteiger partial charge is 0.238 e. The summed E-state index contributed by atoms with van der Waals surface area (Å²) in [5.41, 5.74) is 0.639. The fourth-order valence-electron chi connectivity index (χ4n) is 1.04. The molecule has 0 aliphatic carbocycles. The molecular formula is C11H10BrClN2O. The van der Waals surface area contributed by atoms with Gasteiger partial charge in [0.15, 0.2) is 0 Å². The molecule has 1 amide bonds. The van der Waals surface area contributed by atoms with Gasteiger partial charge in [-0.25, -0.2) is 0 Å². The third-order valence-corrected chi connectivity index (χ3v) is 3.14. The van der Waals surface area contributed by atoms with Crippen LogP contribution in [0.5, 0.6) is 0 Å². The van der Waals surface area contributed by atoms with E-state index in [1.807, 2.05) is 0 Å². The van der Waals surface area contributed by atoms with Crippen LogP contribution in [0.25, 0.3) is 0 Å². The van der Waals surface area contributed by atoms with Crippen LogP contribution in [0.2, 0.25) is 5.02 Å². The third kappa shape index (κ3) is 3.86. The Morgan fingerprint density at radius 3 is 3.00 bits per heavy atom. The summed E-state index contributed by atoms with van der Waals surface area (Å²) < 4.78 is 0.668. The lowest BCUT2D eigenvalue weighted by Crippen LogP contribution is -2.28. The van der Waals surface area contributed by atoms with Gasteiger partial charge in [-0.3, -0.25) is 10.1 Å². The van der Waals surface area contributed by atoms with Gasteiger partial charge in [-0.05, 0) is 28.1 Å². The van der Waals surface area contributed by atoms with Gasteiger partial charge in [0, 0.05) is 0 Å². The molecule has 0 spiro atoms. The van der Waals surface area contributed by atoms with Crippen molar-refractivity contribution in [3.8, 4) is 12.3 Å². The first kappa shape index (κ1) is 13.0. The fourth-order valence-corrected chi connectivity index (χ4v) is 1.58. The minimum atomic E-state index is -0.168. The topological polar surface area (TPSA) is 41.1 Å². The van der Waals surface area contributed by atoms with E-state index >= 15 is 0 Å². The van der Waals surface area contributed by atoms with Gasteiger partial charge < -0.3 is 5.32 Å². The molecule has 5 heteroatoms. The van der Waals surface area contributed by atoms with Crippen molar-refractivity contribution in [2.24, 2.45) is 0 Å². The standard InChI is InChI=1S/C11H10BrClN2O/c1-2-6-14-7-10(16)15-9-5-3-4-8(13)11(9)12/h1,3-5,14H,6-7H2,(H,15,16). The minimum absolute atomic E-state index is 0.168. The maximum absolute atomic E-state index is 11.4. The molecule has 0 aliphatic rings. The maximum Gasteiger partial charge on any atom is 0.238 e. The number of benzene rings is 1. The molecule has 0 fully saturated rings. The molecular weight excluding hydrogens is 291 g/mol. The second-order valence-electron chi connectivity index (χ2n) is 2.96. The Morgan fingerprint density at radius 1 is 1.56 bits per heavy atom. The van der Waals surface area contributed by atoms with E-state index in [0.29, 0.717) is 21.7 Å². The lowest BCUT2D eigenvalue weighted by atomic mass is 10.3. The molecule has 0 aliphatic heterocycles. The average molecular weight is 302 g/mol. The second-order valence-corrected chi connectivity index (χ2v) is 4.16. The SMILES string of the molecule is C#CCNCC(=O)Nc1cccc(Cl)c1Br. The predicted molar refractivity (Wildman–Crippen MR) is 69.5 cm³/mol. The molecule has 0 atom stereocenters. The number of nitrogens with one attached hydrogen (secondary N) is 2. The molecule has 16 heavy (non-hydrogen) atoms. The van der Waals surface area contributed by atoms with Crippen LogP contribution in [0.1, 0.15) is 0 Å². The quantitative estimate of drug-likeness (QED) is 0.661. The summed E-state index contributed by atoms with van der Waals surface area (Å²) in [6, 6.07) is 5.25. The molecule has 0 heterocycles. The highest BCUT2D eigenvalue weighted by atomic mass is 79.9.